The molecule has 1 fully saturated rings. The predicted molar refractivity (Wildman–Crippen MR) is 170 cm³/mol. The summed E-state index contributed by atoms with van der Waals surface area (Å²) in [7, 11) is 3.26. The van der Waals surface area contributed by atoms with Crippen molar-refractivity contribution in [2.24, 2.45) is 0 Å². The highest BCUT2D eigenvalue weighted by Crippen LogP contribution is 2.33. The van der Waals surface area contributed by atoms with Crippen molar-refractivity contribution in [3.05, 3.63) is 89.6 Å². The number of nitrogens with one attached hydrogen (secondary N) is 3. The van der Waals surface area contributed by atoms with Crippen LogP contribution in [0.2, 0.25) is 0 Å². The number of rotatable bonds is 11. The molecule has 0 unspecified atom stereocenters. The second kappa shape index (κ2) is 14.2. The van der Waals surface area contributed by atoms with Crippen LogP contribution < -0.4 is 20.7 Å². The molecule has 11 nitrogen and oxygen atoms in total. The van der Waals surface area contributed by atoms with Gasteiger partial charge in [0.1, 0.15) is 11.4 Å². The van der Waals surface area contributed by atoms with Crippen molar-refractivity contribution in [2.45, 2.75) is 25.8 Å². The lowest BCUT2D eigenvalue weighted by molar-refractivity contribution is 0.0958. The van der Waals surface area contributed by atoms with Gasteiger partial charge in [0.25, 0.3) is 5.91 Å². The minimum atomic E-state index is -0.327. The Balaban J connectivity index is 1.46. The normalized spacial score (nSPS) is 16.5. The lowest BCUT2D eigenvalue weighted by Gasteiger charge is -2.21. The molecule has 5 rings (SSSR count). The number of anilines is 1. The van der Waals surface area contributed by atoms with Crippen molar-refractivity contribution >= 4 is 17.8 Å². The number of carbonyl (C=O) groups is 2. The van der Waals surface area contributed by atoms with Crippen molar-refractivity contribution in [3.8, 4) is 22.8 Å². The first-order chi connectivity index (χ1) is 21.4. The molecule has 0 radical (unpaired) electrons. The van der Waals surface area contributed by atoms with Gasteiger partial charge in [-0.25, -0.2) is 14.5 Å². The minimum Gasteiger partial charge on any atom is -0.477 e. The number of ether oxygens (including phenoxy) is 2. The minimum absolute atomic E-state index is 0.104. The molecule has 1 saturated heterocycles. The Morgan fingerprint density at radius 3 is 2.45 bits per heavy atom. The number of methoxy groups -OCH3 is 1. The molecular weight excluding hydrogens is 558 g/mol. The Morgan fingerprint density at radius 1 is 1.05 bits per heavy atom. The Morgan fingerprint density at radius 2 is 1.77 bits per heavy atom. The molecule has 1 aliphatic heterocycles. The first-order valence-corrected chi connectivity index (χ1v) is 14.8. The van der Waals surface area contributed by atoms with E-state index in [9.17, 15) is 9.59 Å². The molecule has 2 aromatic carbocycles. The van der Waals surface area contributed by atoms with Gasteiger partial charge in [0.2, 0.25) is 5.88 Å². The summed E-state index contributed by atoms with van der Waals surface area (Å²) in [6, 6.07) is 21.1. The van der Waals surface area contributed by atoms with Crippen LogP contribution in [-0.2, 0) is 4.74 Å². The number of likely N-dealkylation sites (tertiary alicyclic amines) is 1. The Hall–Kier alpha value is -4.74. The van der Waals surface area contributed by atoms with Gasteiger partial charge in [-0.1, -0.05) is 48.5 Å². The van der Waals surface area contributed by atoms with Crippen molar-refractivity contribution in [1.82, 2.24) is 30.3 Å². The molecule has 0 bridgehead atoms. The van der Waals surface area contributed by atoms with Gasteiger partial charge in [0.05, 0.1) is 30.6 Å². The van der Waals surface area contributed by atoms with Crippen molar-refractivity contribution in [2.75, 3.05) is 52.3 Å². The summed E-state index contributed by atoms with van der Waals surface area (Å²) in [5.41, 5.74) is 4.19. The fourth-order valence-electron chi connectivity index (χ4n) is 5.59. The monoisotopic (exact) mass is 597 g/mol. The van der Waals surface area contributed by atoms with E-state index < -0.39 is 0 Å². The van der Waals surface area contributed by atoms with E-state index >= 15 is 0 Å². The first-order valence-electron chi connectivity index (χ1n) is 14.8. The molecule has 0 spiro atoms. The van der Waals surface area contributed by atoms with E-state index in [1.807, 2.05) is 62.4 Å². The van der Waals surface area contributed by atoms with Gasteiger partial charge < -0.3 is 20.1 Å². The van der Waals surface area contributed by atoms with Crippen LogP contribution in [0.1, 0.15) is 34.3 Å². The number of urea groups is 1. The maximum atomic E-state index is 13.7. The Bertz CT molecular complexity index is 1580. The molecule has 44 heavy (non-hydrogen) atoms. The lowest BCUT2D eigenvalue weighted by Crippen LogP contribution is -2.42. The van der Waals surface area contributed by atoms with Gasteiger partial charge in [0.15, 0.2) is 0 Å². The molecule has 1 aliphatic rings. The van der Waals surface area contributed by atoms with Crippen molar-refractivity contribution < 1.29 is 19.1 Å². The van der Waals surface area contributed by atoms with Crippen LogP contribution in [-0.4, -0.2) is 84.7 Å². The van der Waals surface area contributed by atoms with E-state index in [1.165, 1.54) is 5.56 Å². The zero-order chi connectivity index (χ0) is 31.1. The number of amides is 3. The Kier molecular flexibility index (Phi) is 9.88. The number of benzene rings is 2. The third-order valence-electron chi connectivity index (χ3n) is 7.78. The van der Waals surface area contributed by atoms with E-state index in [0.717, 1.165) is 24.3 Å². The topological polar surface area (TPSA) is 123 Å². The molecule has 3 N–H and O–H groups in total. The van der Waals surface area contributed by atoms with Crippen LogP contribution in [0, 0.1) is 6.92 Å². The third-order valence-corrected chi connectivity index (χ3v) is 7.78. The molecule has 4 aromatic rings. The van der Waals surface area contributed by atoms with Crippen LogP contribution in [0.5, 0.6) is 5.88 Å². The van der Waals surface area contributed by atoms with Crippen LogP contribution in [0.15, 0.2) is 72.9 Å². The van der Waals surface area contributed by atoms with Gasteiger partial charge in [0, 0.05) is 57.0 Å². The number of nitrogens with zero attached hydrogens (tertiary/aromatic N) is 4. The van der Waals surface area contributed by atoms with Gasteiger partial charge >= 0.3 is 6.03 Å². The number of hydrogen-bond donors (Lipinski definition) is 3. The SMILES string of the molecule is CCOc1ncc(-c2nn(-c3ccccc3)c(NC(=O)N[C@@H]3CN(CCOC)C[C@H]3c3ccccc3)c2C)cc1C(=O)NC. The summed E-state index contributed by atoms with van der Waals surface area (Å²) in [6.07, 6.45) is 1.63. The maximum Gasteiger partial charge on any atom is 0.320 e. The summed E-state index contributed by atoms with van der Waals surface area (Å²) >= 11 is 0. The molecule has 2 atom stereocenters. The third kappa shape index (κ3) is 6.74. The maximum absolute atomic E-state index is 13.7. The zero-order valence-electron chi connectivity index (χ0n) is 25.5. The van der Waals surface area contributed by atoms with Crippen LogP contribution >= 0.6 is 0 Å². The van der Waals surface area contributed by atoms with Crippen LogP contribution in [0.4, 0.5) is 10.6 Å². The number of aromatic nitrogens is 3. The number of hydrogen-bond acceptors (Lipinski definition) is 7. The van der Waals surface area contributed by atoms with E-state index in [0.29, 0.717) is 42.4 Å². The average molecular weight is 598 g/mol. The standard InChI is InChI=1S/C33H39N7O4/c1-5-44-32-26(31(41)34-3)18-24(19-35-32)29-22(2)30(40(38-29)25-14-10-7-11-15-25)37-33(42)36-28-21-39(16-17-43-4)20-27(28)23-12-8-6-9-13-23/h6-15,18-19,27-28H,5,16-17,20-21H2,1-4H3,(H,34,41)(H2,36,37,42)/t27-,28+/m0/s1. The molecule has 230 valence electrons. The molecular formula is C33H39N7O4. The highest BCUT2D eigenvalue weighted by molar-refractivity contribution is 5.97. The highest BCUT2D eigenvalue weighted by Gasteiger charge is 2.35. The van der Waals surface area contributed by atoms with Crippen LogP contribution in [0.25, 0.3) is 16.9 Å². The van der Waals surface area contributed by atoms with E-state index in [-0.39, 0.29) is 29.8 Å². The van der Waals surface area contributed by atoms with Gasteiger partial charge in [-0.2, -0.15) is 5.10 Å². The average Bonchev–Trinajstić information content (AvgIpc) is 3.60. The number of carbonyl (C=O) groups excluding carboxylic acids is 2. The number of para-hydroxylation sites is 1. The quantitative estimate of drug-likeness (QED) is 0.236. The van der Waals surface area contributed by atoms with E-state index in [2.05, 4.69) is 38.0 Å². The van der Waals surface area contributed by atoms with Gasteiger partial charge in [-0.05, 0) is 37.6 Å². The van der Waals surface area contributed by atoms with Crippen molar-refractivity contribution in [1.29, 1.82) is 0 Å². The highest BCUT2D eigenvalue weighted by atomic mass is 16.5. The molecule has 11 heteroatoms. The smallest absolute Gasteiger partial charge is 0.320 e. The fourth-order valence-corrected chi connectivity index (χ4v) is 5.59. The lowest BCUT2D eigenvalue weighted by atomic mass is 9.94. The Labute approximate surface area is 257 Å². The number of pyridine rings is 1. The summed E-state index contributed by atoms with van der Waals surface area (Å²) in [5.74, 6) is 0.583. The first kappa shape index (κ1) is 30.7. The predicted octanol–water partition coefficient (Wildman–Crippen LogP) is 4.24. The summed E-state index contributed by atoms with van der Waals surface area (Å²) < 4.78 is 12.6. The van der Waals surface area contributed by atoms with Gasteiger partial charge in [-0.15, -0.1) is 0 Å². The molecule has 3 amide bonds. The van der Waals surface area contributed by atoms with Crippen LogP contribution in [0.3, 0.4) is 0 Å². The van der Waals surface area contributed by atoms with E-state index in [1.54, 1.807) is 31.1 Å². The van der Waals surface area contributed by atoms with Gasteiger partial charge in [-0.3, -0.25) is 15.0 Å². The molecule has 3 heterocycles. The molecule has 0 saturated carbocycles. The molecule has 2 aromatic heterocycles. The second-order valence-electron chi connectivity index (χ2n) is 10.6. The molecule has 0 aliphatic carbocycles. The van der Waals surface area contributed by atoms with Crippen molar-refractivity contribution in [3.63, 3.8) is 0 Å². The fraction of sp³-hybridized carbons (Fsp3) is 0.333. The summed E-state index contributed by atoms with van der Waals surface area (Å²) in [5, 5.41) is 13.9. The summed E-state index contributed by atoms with van der Waals surface area (Å²) in [6.45, 7) is 7.04. The summed E-state index contributed by atoms with van der Waals surface area (Å²) in [4.78, 5) is 33.0. The largest absolute Gasteiger partial charge is 0.477 e. The second-order valence-corrected chi connectivity index (χ2v) is 10.6. The zero-order valence-corrected chi connectivity index (χ0v) is 25.5. The van der Waals surface area contributed by atoms with E-state index in [4.69, 9.17) is 14.6 Å².